The van der Waals surface area contributed by atoms with Crippen LogP contribution in [0, 0.1) is 5.92 Å². The zero-order valence-corrected chi connectivity index (χ0v) is 19.6. The first kappa shape index (κ1) is 23.0. The molecule has 30 heavy (non-hydrogen) atoms. The van der Waals surface area contributed by atoms with Crippen molar-refractivity contribution in [3.05, 3.63) is 52.2 Å². The molecule has 0 aliphatic carbocycles. The first-order valence-electron chi connectivity index (χ1n) is 10.5. The van der Waals surface area contributed by atoms with Crippen LogP contribution in [0.25, 0.3) is 0 Å². The molecule has 0 bridgehead atoms. The number of carbonyl (C=O) groups is 1. The largest absolute Gasteiger partial charge is 0.494 e. The number of thiophene rings is 1. The molecular formula is C23H33BN2O3S. The van der Waals surface area contributed by atoms with Gasteiger partial charge < -0.3 is 15.0 Å². The monoisotopic (exact) mass is 428 g/mol. The Morgan fingerprint density at radius 2 is 1.70 bits per heavy atom. The predicted octanol–water partition coefficient (Wildman–Crippen LogP) is 3.63. The Labute approximate surface area is 184 Å². The molecular weight excluding hydrogens is 395 g/mol. The van der Waals surface area contributed by atoms with E-state index in [2.05, 4.69) is 65.1 Å². The van der Waals surface area contributed by atoms with Crippen molar-refractivity contribution in [2.75, 3.05) is 0 Å². The van der Waals surface area contributed by atoms with E-state index < -0.39 is 7.12 Å². The third kappa shape index (κ3) is 4.97. The molecule has 0 unspecified atom stereocenters. The van der Waals surface area contributed by atoms with Gasteiger partial charge in [-0.15, -0.1) is 11.3 Å². The van der Waals surface area contributed by atoms with Crippen molar-refractivity contribution in [1.29, 1.82) is 0 Å². The van der Waals surface area contributed by atoms with E-state index in [0.717, 1.165) is 15.9 Å². The Balaban J connectivity index is 1.84. The van der Waals surface area contributed by atoms with Gasteiger partial charge in [-0.25, -0.2) is 0 Å². The molecule has 0 radical (unpaired) electrons. The van der Waals surface area contributed by atoms with Gasteiger partial charge in [0.2, 0.25) is 5.91 Å². The molecule has 1 aliphatic rings. The molecule has 1 amide bonds. The minimum Gasteiger partial charge on any atom is -0.399 e. The Hall–Kier alpha value is -1.67. The van der Waals surface area contributed by atoms with Crippen molar-refractivity contribution in [2.24, 2.45) is 11.7 Å². The number of amides is 1. The van der Waals surface area contributed by atoms with E-state index in [4.69, 9.17) is 15.0 Å². The highest BCUT2D eigenvalue weighted by molar-refractivity contribution is 7.10. The zero-order chi connectivity index (χ0) is 22.1. The van der Waals surface area contributed by atoms with Crippen LogP contribution in [-0.4, -0.2) is 30.3 Å². The second-order valence-corrected chi connectivity index (χ2v) is 10.4. The zero-order valence-electron chi connectivity index (χ0n) is 18.8. The molecule has 0 saturated carbocycles. The summed E-state index contributed by atoms with van der Waals surface area (Å²) in [5, 5.41) is 5.54. The fraction of sp³-hybridized carbons (Fsp3) is 0.522. The highest BCUT2D eigenvalue weighted by Crippen LogP contribution is 2.36. The highest BCUT2D eigenvalue weighted by Gasteiger charge is 2.51. The lowest BCUT2D eigenvalue weighted by Gasteiger charge is -2.32. The smallest absolute Gasteiger partial charge is 0.399 e. The van der Waals surface area contributed by atoms with Crippen LogP contribution in [0.15, 0.2) is 41.8 Å². The lowest BCUT2D eigenvalue weighted by atomic mass is 9.78. The minimum absolute atomic E-state index is 0.103. The molecule has 1 aromatic carbocycles. The quantitative estimate of drug-likeness (QED) is 0.630. The average molecular weight is 428 g/mol. The lowest BCUT2D eigenvalue weighted by molar-refractivity contribution is -0.120. The van der Waals surface area contributed by atoms with Crippen LogP contribution in [0.5, 0.6) is 0 Å². The molecule has 3 N–H and O–H groups in total. The fourth-order valence-electron chi connectivity index (χ4n) is 3.56. The van der Waals surface area contributed by atoms with Crippen molar-refractivity contribution in [3.63, 3.8) is 0 Å². The van der Waals surface area contributed by atoms with E-state index in [1.165, 1.54) is 0 Å². The van der Waals surface area contributed by atoms with Crippen molar-refractivity contribution in [1.82, 2.24) is 5.32 Å². The summed E-state index contributed by atoms with van der Waals surface area (Å²) in [5.41, 5.74) is 7.01. The van der Waals surface area contributed by atoms with Gasteiger partial charge in [0.25, 0.3) is 0 Å². The fourth-order valence-corrected chi connectivity index (χ4v) is 4.37. The molecule has 1 aliphatic heterocycles. The number of hydrogen-bond donors (Lipinski definition) is 2. The number of rotatable bonds is 8. The lowest BCUT2D eigenvalue weighted by Crippen LogP contribution is -2.44. The van der Waals surface area contributed by atoms with Crippen LogP contribution in [0.2, 0.25) is 0 Å². The van der Waals surface area contributed by atoms with Gasteiger partial charge in [-0.2, -0.15) is 0 Å². The summed E-state index contributed by atoms with van der Waals surface area (Å²) >= 11 is 1.66. The molecule has 1 aromatic heterocycles. The molecule has 2 aromatic rings. The molecule has 2 heterocycles. The van der Waals surface area contributed by atoms with E-state index in [1.54, 1.807) is 11.3 Å². The molecule has 162 valence electrons. The van der Waals surface area contributed by atoms with Crippen LogP contribution >= 0.6 is 11.3 Å². The van der Waals surface area contributed by atoms with Gasteiger partial charge in [-0.3, -0.25) is 10.1 Å². The van der Waals surface area contributed by atoms with Crippen molar-refractivity contribution >= 4 is 29.8 Å². The number of carbonyl (C=O) groups excluding carboxylic acids is 1. The molecule has 2 atom stereocenters. The maximum atomic E-state index is 12.1. The van der Waals surface area contributed by atoms with Crippen molar-refractivity contribution < 1.29 is 14.1 Å². The first-order valence-corrected chi connectivity index (χ1v) is 11.4. The molecule has 5 nitrogen and oxygen atoms in total. The van der Waals surface area contributed by atoms with Crippen molar-refractivity contribution in [2.45, 2.75) is 71.2 Å². The number of benzene rings is 1. The second-order valence-electron chi connectivity index (χ2n) is 9.45. The van der Waals surface area contributed by atoms with Crippen molar-refractivity contribution in [3.8, 4) is 0 Å². The maximum Gasteiger partial charge on any atom is 0.494 e. The van der Waals surface area contributed by atoms with Gasteiger partial charge in [0.05, 0.1) is 23.3 Å². The van der Waals surface area contributed by atoms with Crippen LogP contribution in [0.3, 0.4) is 0 Å². The first-order chi connectivity index (χ1) is 14.0. The summed E-state index contributed by atoms with van der Waals surface area (Å²) in [6.07, 6.45) is 0.698. The SMILES string of the molecule is CC(C)C[C@H](N[C@@H](c1ccc(B2OC(C)(C)C(C)(C)O2)cc1)c1cccs1)C(N)=O. The van der Waals surface area contributed by atoms with Gasteiger partial charge in [-0.05, 0) is 62.5 Å². The summed E-state index contributed by atoms with van der Waals surface area (Å²) in [6.45, 7) is 12.4. The Bertz CT molecular complexity index is 834. The molecule has 3 rings (SSSR count). The van der Waals surface area contributed by atoms with E-state index in [9.17, 15) is 4.79 Å². The predicted molar refractivity (Wildman–Crippen MR) is 124 cm³/mol. The Kier molecular flexibility index (Phi) is 6.77. The summed E-state index contributed by atoms with van der Waals surface area (Å²) in [6, 6.07) is 11.8. The van der Waals surface area contributed by atoms with E-state index in [0.29, 0.717) is 12.3 Å². The summed E-state index contributed by atoms with van der Waals surface area (Å²) in [7, 11) is -0.392. The normalized spacial score (nSPS) is 19.8. The summed E-state index contributed by atoms with van der Waals surface area (Å²) in [5.74, 6) is 0.0452. The van der Waals surface area contributed by atoms with Crippen LogP contribution in [0.4, 0.5) is 0 Å². The molecule has 1 saturated heterocycles. The number of nitrogens with two attached hydrogens (primary N) is 1. The average Bonchev–Trinajstić information content (AvgIpc) is 3.24. The molecule has 1 fully saturated rings. The second kappa shape index (κ2) is 8.83. The van der Waals surface area contributed by atoms with E-state index in [1.807, 2.05) is 23.6 Å². The molecule has 7 heteroatoms. The maximum absolute atomic E-state index is 12.1. The van der Waals surface area contributed by atoms with Gasteiger partial charge in [0.1, 0.15) is 0 Å². The third-order valence-corrected chi connectivity index (χ3v) is 6.98. The van der Waals surface area contributed by atoms with Gasteiger partial charge in [-0.1, -0.05) is 44.2 Å². The number of nitrogens with one attached hydrogen (secondary N) is 1. The van der Waals surface area contributed by atoms with Crippen LogP contribution in [0.1, 0.15) is 64.4 Å². The van der Waals surface area contributed by atoms with E-state index >= 15 is 0 Å². The van der Waals surface area contributed by atoms with Crippen LogP contribution < -0.4 is 16.5 Å². The Morgan fingerprint density at radius 3 is 2.17 bits per heavy atom. The Morgan fingerprint density at radius 1 is 1.10 bits per heavy atom. The third-order valence-electron chi connectivity index (χ3n) is 6.04. The van der Waals surface area contributed by atoms with E-state index in [-0.39, 0.29) is 29.2 Å². The minimum atomic E-state index is -0.392. The highest BCUT2D eigenvalue weighted by atomic mass is 32.1. The van der Waals surface area contributed by atoms with Gasteiger partial charge in [0.15, 0.2) is 0 Å². The summed E-state index contributed by atoms with van der Waals surface area (Å²) < 4.78 is 12.3. The topological polar surface area (TPSA) is 73.6 Å². The standard InChI is InChI=1S/C23H33BN2O3S/c1-15(2)14-18(21(25)27)26-20(19-8-7-13-30-19)16-9-11-17(12-10-16)24-28-22(3,4)23(5,6)29-24/h7-13,15,18,20,26H,14H2,1-6H3,(H2,25,27)/t18-,20-/m0/s1. The number of hydrogen-bond acceptors (Lipinski definition) is 5. The van der Waals surface area contributed by atoms with Gasteiger partial charge >= 0.3 is 7.12 Å². The van der Waals surface area contributed by atoms with Gasteiger partial charge in [0, 0.05) is 4.88 Å². The van der Waals surface area contributed by atoms with Crippen LogP contribution in [-0.2, 0) is 14.1 Å². The molecule has 0 spiro atoms. The number of primary amides is 1. The summed E-state index contributed by atoms with van der Waals surface area (Å²) in [4.78, 5) is 13.2.